The van der Waals surface area contributed by atoms with Gasteiger partial charge in [0.1, 0.15) is 5.82 Å². The van der Waals surface area contributed by atoms with Gasteiger partial charge in [0, 0.05) is 12.6 Å². The summed E-state index contributed by atoms with van der Waals surface area (Å²) in [6.45, 7) is 4.72. The third kappa shape index (κ3) is 4.34. The number of nitrogens with zero attached hydrogens (tertiary/aromatic N) is 2. The van der Waals surface area contributed by atoms with Gasteiger partial charge in [-0.15, -0.1) is 0 Å². The number of carbonyl (C=O) groups is 1. The smallest absolute Gasteiger partial charge is 0.304 e. The molecule has 102 valence electrons. The standard InChI is InChI=1S/C14H17FN2O2/c1-3-17(10(2)6-14(18)19)9-12-7-13(15)5-4-11(12)8-16/h4-5,7,10H,3,6,9H2,1-2H3,(H,18,19). The predicted molar refractivity (Wildman–Crippen MR) is 68.9 cm³/mol. The van der Waals surface area contributed by atoms with Gasteiger partial charge in [0.2, 0.25) is 0 Å². The quantitative estimate of drug-likeness (QED) is 0.856. The highest BCUT2D eigenvalue weighted by Crippen LogP contribution is 2.15. The molecule has 0 aliphatic carbocycles. The van der Waals surface area contributed by atoms with Gasteiger partial charge in [-0.1, -0.05) is 6.92 Å². The van der Waals surface area contributed by atoms with Gasteiger partial charge in [0.05, 0.1) is 18.1 Å². The molecule has 1 N–H and O–H groups in total. The van der Waals surface area contributed by atoms with Crippen molar-refractivity contribution in [2.45, 2.75) is 32.9 Å². The molecule has 0 aromatic heterocycles. The maximum absolute atomic E-state index is 13.2. The molecular weight excluding hydrogens is 247 g/mol. The number of carboxylic acids is 1. The van der Waals surface area contributed by atoms with Crippen LogP contribution in [0.1, 0.15) is 31.4 Å². The van der Waals surface area contributed by atoms with Crippen LogP contribution in [0.2, 0.25) is 0 Å². The second kappa shape index (κ2) is 6.86. The zero-order valence-electron chi connectivity index (χ0n) is 11.1. The average molecular weight is 264 g/mol. The zero-order chi connectivity index (χ0) is 14.4. The molecule has 5 heteroatoms. The fourth-order valence-corrected chi connectivity index (χ4v) is 1.98. The lowest BCUT2D eigenvalue weighted by molar-refractivity contribution is -0.138. The number of aliphatic carboxylic acids is 1. The van der Waals surface area contributed by atoms with E-state index >= 15 is 0 Å². The summed E-state index contributed by atoms with van der Waals surface area (Å²) in [4.78, 5) is 12.6. The van der Waals surface area contributed by atoms with Gasteiger partial charge < -0.3 is 5.11 Å². The number of hydrogen-bond acceptors (Lipinski definition) is 3. The van der Waals surface area contributed by atoms with E-state index in [0.717, 1.165) is 0 Å². The van der Waals surface area contributed by atoms with Gasteiger partial charge in [0.15, 0.2) is 0 Å². The molecular formula is C14H17FN2O2. The van der Waals surface area contributed by atoms with Crippen LogP contribution in [0.3, 0.4) is 0 Å². The van der Waals surface area contributed by atoms with Crippen molar-refractivity contribution in [1.82, 2.24) is 4.90 Å². The van der Waals surface area contributed by atoms with Crippen molar-refractivity contribution in [1.29, 1.82) is 5.26 Å². The van der Waals surface area contributed by atoms with Crippen LogP contribution in [0.25, 0.3) is 0 Å². The molecule has 19 heavy (non-hydrogen) atoms. The summed E-state index contributed by atoms with van der Waals surface area (Å²) in [5.41, 5.74) is 1.00. The largest absolute Gasteiger partial charge is 0.481 e. The molecule has 0 amide bonds. The molecule has 4 nitrogen and oxygen atoms in total. The topological polar surface area (TPSA) is 64.3 Å². The van der Waals surface area contributed by atoms with Crippen molar-refractivity contribution in [3.8, 4) is 6.07 Å². The predicted octanol–water partition coefficient (Wildman–Crippen LogP) is 2.38. The van der Waals surface area contributed by atoms with E-state index in [0.29, 0.717) is 24.2 Å². The fourth-order valence-electron chi connectivity index (χ4n) is 1.98. The number of nitriles is 1. The first-order chi connectivity index (χ1) is 8.97. The van der Waals surface area contributed by atoms with Crippen molar-refractivity contribution in [3.05, 3.63) is 35.1 Å². The SMILES string of the molecule is CCN(Cc1cc(F)ccc1C#N)C(C)CC(=O)O. The van der Waals surface area contributed by atoms with E-state index in [-0.39, 0.29) is 12.5 Å². The van der Waals surface area contributed by atoms with Crippen LogP contribution in [-0.4, -0.2) is 28.6 Å². The molecule has 0 spiro atoms. The van der Waals surface area contributed by atoms with Crippen LogP contribution in [0.4, 0.5) is 4.39 Å². The molecule has 1 atom stereocenters. The van der Waals surface area contributed by atoms with E-state index in [2.05, 4.69) is 0 Å². The summed E-state index contributed by atoms with van der Waals surface area (Å²) in [7, 11) is 0. The number of hydrogen-bond donors (Lipinski definition) is 1. The Balaban J connectivity index is 2.89. The van der Waals surface area contributed by atoms with Crippen molar-refractivity contribution in [2.75, 3.05) is 6.54 Å². The fraction of sp³-hybridized carbons (Fsp3) is 0.429. The van der Waals surface area contributed by atoms with Crippen LogP contribution in [-0.2, 0) is 11.3 Å². The Morgan fingerprint density at radius 1 is 1.58 bits per heavy atom. The molecule has 1 rings (SSSR count). The zero-order valence-corrected chi connectivity index (χ0v) is 11.1. The molecule has 0 aliphatic rings. The van der Waals surface area contributed by atoms with Crippen molar-refractivity contribution < 1.29 is 14.3 Å². The van der Waals surface area contributed by atoms with Gasteiger partial charge in [-0.05, 0) is 37.2 Å². The molecule has 0 saturated heterocycles. The van der Waals surface area contributed by atoms with Crippen LogP contribution in [0.15, 0.2) is 18.2 Å². The van der Waals surface area contributed by atoms with Crippen molar-refractivity contribution in [2.24, 2.45) is 0 Å². The number of carboxylic acid groups (broad SMARTS) is 1. The Morgan fingerprint density at radius 2 is 2.26 bits per heavy atom. The summed E-state index contributed by atoms with van der Waals surface area (Å²) >= 11 is 0. The lowest BCUT2D eigenvalue weighted by Crippen LogP contribution is -2.34. The first-order valence-electron chi connectivity index (χ1n) is 6.12. The first kappa shape index (κ1) is 15.1. The van der Waals surface area contributed by atoms with E-state index in [9.17, 15) is 9.18 Å². The van der Waals surface area contributed by atoms with Crippen LogP contribution in [0.5, 0.6) is 0 Å². The molecule has 0 bridgehead atoms. The minimum Gasteiger partial charge on any atom is -0.481 e. The molecule has 0 fully saturated rings. The summed E-state index contributed by atoms with van der Waals surface area (Å²) in [5.74, 6) is -1.26. The van der Waals surface area contributed by atoms with Crippen LogP contribution < -0.4 is 0 Å². The highest BCUT2D eigenvalue weighted by Gasteiger charge is 2.17. The van der Waals surface area contributed by atoms with Crippen LogP contribution >= 0.6 is 0 Å². The Hall–Kier alpha value is -1.93. The number of benzene rings is 1. The monoisotopic (exact) mass is 264 g/mol. The van der Waals surface area contributed by atoms with Gasteiger partial charge in [0.25, 0.3) is 0 Å². The Morgan fingerprint density at radius 3 is 2.79 bits per heavy atom. The number of rotatable bonds is 6. The normalized spacial score (nSPS) is 12.2. The maximum atomic E-state index is 13.2. The van der Waals surface area contributed by atoms with Crippen molar-refractivity contribution in [3.63, 3.8) is 0 Å². The van der Waals surface area contributed by atoms with E-state index in [1.807, 2.05) is 24.8 Å². The molecule has 1 unspecified atom stereocenters. The first-order valence-corrected chi connectivity index (χ1v) is 6.12. The van der Waals surface area contributed by atoms with Crippen molar-refractivity contribution >= 4 is 5.97 Å². The van der Waals surface area contributed by atoms with Gasteiger partial charge in [-0.25, -0.2) is 4.39 Å². The molecule has 1 aromatic carbocycles. The highest BCUT2D eigenvalue weighted by atomic mass is 19.1. The van der Waals surface area contributed by atoms with Gasteiger partial charge in [-0.2, -0.15) is 5.26 Å². The van der Waals surface area contributed by atoms with Crippen LogP contribution in [0, 0.1) is 17.1 Å². The molecule has 1 aromatic rings. The average Bonchev–Trinajstić information content (AvgIpc) is 2.35. The van der Waals surface area contributed by atoms with E-state index in [1.165, 1.54) is 18.2 Å². The highest BCUT2D eigenvalue weighted by molar-refractivity contribution is 5.67. The molecule has 0 saturated carbocycles. The maximum Gasteiger partial charge on any atom is 0.304 e. The van der Waals surface area contributed by atoms with E-state index in [1.54, 1.807) is 0 Å². The van der Waals surface area contributed by atoms with E-state index in [4.69, 9.17) is 10.4 Å². The third-order valence-electron chi connectivity index (χ3n) is 3.06. The van der Waals surface area contributed by atoms with Gasteiger partial charge in [-0.3, -0.25) is 9.69 Å². The lowest BCUT2D eigenvalue weighted by Gasteiger charge is -2.27. The summed E-state index contributed by atoms with van der Waals surface area (Å²) in [6.07, 6.45) is 0.0189. The lowest BCUT2D eigenvalue weighted by atomic mass is 10.1. The Labute approximate surface area is 112 Å². The second-order valence-corrected chi connectivity index (χ2v) is 4.42. The number of halogens is 1. The summed E-state index contributed by atoms with van der Waals surface area (Å²) in [6, 6.07) is 5.88. The summed E-state index contributed by atoms with van der Waals surface area (Å²) in [5, 5.41) is 17.8. The Kier molecular flexibility index (Phi) is 5.46. The Bertz CT molecular complexity index is 497. The third-order valence-corrected chi connectivity index (χ3v) is 3.06. The molecule has 0 heterocycles. The summed E-state index contributed by atoms with van der Waals surface area (Å²) < 4.78 is 13.2. The molecule has 0 aliphatic heterocycles. The minimum absolute atomic E-state index is 0.0189. The minimum atomic E-state index is -0.870. The van der Waals surface area contributed by atoms with E-state index < -0.39 is 11.8 Å². The van der Waals surface area contributed by atoms with Gasteiger partial charge >= 0.3 is 5.97 Å². The molecule has 0 radical (unpaired) electrons. The second-order valence-electron chi connectivity index (χ2n) is 4.42.